The molecule has 0 spiro atoms. The molecule has 1 saturated heterocycles. The Morgan fingerprint density at radius 2 is 2.33 bits per heavy atom. The Morgan fingerprint density at radius 1 is 1.50 bits per heavy atom. The number of hydrogen-bond acceptors (Lipinski definition) is 3. The van der Waals surface area contributed by atoms with Gasteiger partial charge in [0.2, 0.25) is 0 Å². The molecule has 1 unspecified atom stereocenters. The van der Waals surface area contributed by atoms with Gasteiger partial charge in [-0.3, -0.25) is 4.79 Å². The quantitative estimate of drug-likeness (QED) is 0.751. The first-order chi connectivity index (χ1) is 8.66. The summed E-state index contributed by atoms with van der Waals surface area (Å²) >= 11 is 0. The smallest absolute Gasteiger partial charge is 0.163 e. The van der Waals surface area contributed by atoms with Crippen molar-refractivity contribution in [3.63, 3.8) is 0 Å². The zero-order chi connectivity index (χ0) is 13.0. The van der Waals surface area contributed by atoms with Crippen molar-refractivity contribution in [1.82, 2.24) is 0 Å². The summed E-state index contributed by atoms with van der Waals surface area (Å²) in [5.41, 5.74) is 1.74. The summed E-state index contributed by atoms with van der Waals surface area (Å²) in [6, 6.07) is 5.72. The normalized spacial score (nSPS) is 18.9. The maximum atomic E-state index is 11.5. The molecule has 1 atom stereocenters. The average molecular weight is 248 g/mol. The van der Waals surface area contributed by atoms with Gasteiger partial charge in [0.15, 0.2) is 5.78 Å². The van der Waals surface area contributed by atoms with E-state index in [1.807, 2.05) is 25.1 Å². The van der Waals surface area contributed by atoms with Crippen molar-refractivity contribution in [1.29, 1.82) is 0 Å². The molecular weight excluding hydrogens is 228 g/mol. The number of aryl methyl sites for hydroxylation is 1. The highest BCUT2D eigenvalue weighted by atomic mass is 16.5. The molecule has 0 N–H and O–H groups in total. The van der Waals surface area contributed by atoms with Gasteiger partial charge in [-0.25, -0.2) is 0 Å². The van der Waals surface area contributed by atoms with Gasteiger partial charge in [0.05, 0.1) is 18.3 Å². The standard InChI is InChI=1S/C15H20O3/c1-11-5-6-15(14(10-11)12(2)16)18-9-7-13-4-3-8-17-13/h5-6,10,13H,3-4,7-9H2,1-2H3. The van der Waals surface area contributed by atoms with E-state index in [2.05, 4.69) is 0 Å². The van der Waals surface area contributed by atoms with Gasteiger partial charge in [0, 0.05) is 13.0 Å². The monoisotopic (exact) mass is 248 g/mol. The first-order valence-electron chi connectivity index (χ1n) is 6.53. The number of hydrogen-bond donors (Lipinski definition) is 0. The molecule has 1 aromatic rings. The van der Waals surface area contributed by atoms with Crippen LogP contribution in [-0.4, -0.2) is 25.1 Å². The highest BCUT2D eigenvalue weighted by molar-refractivity contribution is 5.97. The maximum Gasteiger partial charge on any atom is 0.163 e. The minimum atomic E-state index is 0.0471. The van der Waals surface area contributed by atoms with Crippen molar-refractivity contribution in [3.05, 3.63) is 29.3 Å². The predicted octanol–water partition coefficient (Wildman–Crippen LogP) is 3.15. The largest absolute Gasteiger partial charge is 0.493 e. The molecule has 18 heavy (non-hydrogen) atoms. The molecule has 3 heteroatoms. The molecular formula is C15H20O3. The second-order valence-electron chi connectivity index (χ2n) is 4.83. The zero-order valence-corrected chi connectivity index (χ0v) is 11.1. The molecule has 1 aliphatic rings. The summed E-state index contributed by atoms with van der Waals surface area (Å²) in [6.45, 7) is 5.02. The van der Waals surface area contributed by atoms with Gasteiger partial charge in [-0.1, -0.05) is 11.6 Å². The summed E-state index contributed by atoms with van der Waals surface area (Å²) in [6.07, 6.45) is 3.49. The predicted molar refractivity (Wildman–Crippen MR) is 70.3 cm³/mol. The topological polar surface area (TPSA) is 35.5 Å². The van der Waals surface area contributed by atoms with Crippen LogP contribution in [0.5, 0.6) is 5.75 Å². The van der Waals surface area contributed by atoms with Crippen LogP contribution in [0.2, 0.25) is 0 Å². The third kappa shape index (κ3) is 3.33. The van der Waals surface area contributed by atoms with Crippen LogP contribution in [0.4, 0.5) is 0 Å². The van der Waals surface area contributed by atoms with Gasteiger partial charge in [-0.05, 0) is 38.8 Å². The van der Waals surface area contributed by atoms with Gasteiger partial charge >= 0.3 is 0 Å². The Kier molecular flexibility index (Phi) is 4.37. The number of ketones is 1. The number of rotatable bonds is 5. The molecule has 3 nitrogen and oxygen atoms in total. The molecule has 0 aliphatic carbocycles. The van der Waals surface area contributed by atoms with Gasteiger partial charge < -0.3 is 9.47 Å². The second kappa shape index (κ2) is 6.01. The van der Waals surface area contributed by atoms with Crippen LogP contribution in [0.1, 0.15) is 42.1 Å². The van der Waals surface area contributed by atoms with E-state index in [0.717, 1.165) is 31.4 Å². The molecule has 1 heterocycles. The van der Waals surface area contributed by atoms with E-state index in [4.69, 9.17) is 9.47 Å². The van der Waals surface area contributed by atoms with E-state index in [1.54, 1.807) is 6.92 Å². The lowest BCUT2D eigenvalue weighted by Crippen LogP contribution is -2.11. The van der Waals surface area contributed by atoms with Crippen molar-refractivity contribution in [2.24, 2.45) is 0 Å². The molecule has 1 aromatic carbocycles. The molecule has 1 aliphatic heterocycles. The fourth-order valence-electron chi connectivity index (χ4n) is 2.22. The number of benzene rings is 1. The maximum absolute atomic E-state index is 11.5. The molecule has 0 saturated carbocycles. The van der Waals surface area contributed by atoms with E-state index in [1.165, 1.54) is 0 Å². The molecule has 1 fully saturated rings. The second-order valence-corrected chi connectivity index (χ2v) is 4.83. The lowest BCUT2D eigenvalue weighted by Gasteiger charge is -2.13. The van der Waals surface area contributed by atoms with E-state index in [9.17, 15) is 4.79 Å². The van der Waals surface area contributed by atoms with Crippen LogP contribution >= 0.6 is 0 Å². The Morgan fingerprint density at radius 3 is 3.00 bits per heavy atom. The molecule has 2 rings (SSSR count). The van der Waals surface area contributed by atoms with Crippen LogP contribution < -0.4 is 4.74 Å². The fourth-order valence-corrected chi connectivity index (χ4v) is 2.22. The highest BCUT2D eigenvalue weighted by Gasteiger charge is 2.16. The van der Waals surface area contributed by atoms with Crippen molar-refractivity contribution < 1.29 is 14.3 Å². The van der Waals surface area contributed by atoms with Gasteiger partial charge in [-0.2, -0.15) is 0 Å². The lowest BCUT2D eigenvalue weighted by molar-refractivity contribution is 0.0898. The van der Waals surface area contributed by atoms with Gasteiger partial charge in [-0.15, -0.1) is 0 Å². The van der Waals surface area contributed by atoms with Crippen molar-refractivity contribution in [2.75, 3.05) is 13.2 Å². The first kappa shape index (κ1) is 13.1. The molecule has 0 aromatic heterocycles. The summed E-state index contributed by atoms with van der Waals surface area (Å²) in [7, 11) is 0. The van der Waals surface area contributed by atoms with Crippen molar-refractivity contribution in [2.45, 2.75) is 39.2 Å². The van der Waals surface area contributed by atoms with Crippen LogP contribution in [0.3, 0.4) is 0 Å². The Bertz CT molecular complexity index is 420. The molecule has 98 valence electrons. The minimum Gasteiger partial charge on any atom is -0.493 e. The van der Waals surface area contributed by atoms with E-state index >= 15 is 0 Å². The summed E-state index contributed by atoms with van der Waals surface area (Å²) < 4.78 is 11.3. The number of ether oxygens (including phenoxy) is 2. The summed E-state index contributed by atoms with van der Waals surface area (Å²) in [5.74, 6) is 0.733. The summed E-state index contributed by atoms with van der Waals surface area (Å²) in [4.78, 5) is 11.5. The first-order valence-corrected chi connectivity index (χ1v) is 6.53. The third-order valence-electron chi connectivity index (χ3n) is 3.24. The molecule has 0 bridgehead atoms. The van der Waals surface area contributed by atoms with E-state index < -0.39 is 0 Å². The minimum absolute atomic E-state index is 0.0471. The Hall–Kier alpha value is -1.35. The lowest BCUT2D eigenvalue weighted by atomic mass is 10.1. The van der Waals surface area contributed by atoms with Gasteiger partial charge in [0.1, 0.15) is 5.75 Å². The van der Waals surface area contributed by atoms with Crippen LogP contribution in [0.25, 0.3) is 0 Å². The summed E-state index contributed by atoms with van der Waals surface area (Å²) in [5, 5.41) is 0. The Labute approximate surface area is 108 Å². The van der Waals surface area contributed by atoms with Crippen molar-refractivity contribution in [3.8, 4) is 5.75 Å². The molecule has 0 radical (unpaired) electrons. The SMILES string of the molecule is CC(=O)c1cc(C)ccc1OCCC1CCCO1. The zero-order valence-electron chi connectivity index (χ0n) is 11.1. The third-order valence-corrected chi connectivity index (χ3v) is 3.24. The highest BCUT2D eigenvalue weighted by Crippen LogP contribution is 2.22. The fraction of sp³-hybridized carbons (Fsp3) is 0.533. The number of carbonyl (C=O) groups excluding carboxylic acids is 1. The molecule has 0 amide bonds. The van der Waals surface area contributed by atoms with Crippen molar-refractivity contribution >= 4 is 5.78 Å². The number of Topliss-reactive ketones (excluding diaryl/α,β-unsaturated/α-hetero) is 1. The number of carbonyl (C=O) groups is 1. The van der Waals surface area contributed by atoms with E-state index in [-0.39, 0.29) is 5.78 Å². The van der Waals surface area contributed by atoms with Gasteiger partial charge in [0.25, 0.3) is 0 Å². The van der Waals surface area contributed by atoms with E-state index in [0.29, 0.717) is 24.0 Å². The average Bonchev–Trinajstić information content (AvgIpc) is 2.84. The Balaban J connectivity index is 1.93. The van der Waals surface area contributed by atoms with Crippen LogP contribution in [-0.2, 0) is 4.74 Å². The van der Waals surface area contributed by atoms with Crippen LogP contribution in [0.15, 0.2) is 18.2 Å². The van der Waals surface area contributed by atoms with Crippen LogP contribution in [0, 0.1) is 6.92 Å².